The third-order valence-corrected chi connectivity index (χ3v) is 4.29. The molecular formula is C17H27ClN2O. The van der Waals surface area contributed by atoms with Crippen LogP contribution in [0, 0.1) is 5.92 Å². The Morgan fingerprint density at radius 2 is 1.95 bits per heavy atom. The van der Waals surface area contributed by atoms with Crippen LogP contribution in [-0.2, 0) is 11.3 Å². The van der Waals surface area contributed by atoms with Gasteiger partial charge in [-0.3, -0.25) is 4.79 Å². The molecule has 1 aromatic rings. The molecular weight excluding hydrogens is 284 g/mol. The van der Waals surface area contributed by atoms with Crippen molar-refractivity contribution in [2.24, 2.45) is 11.7 Å². The van der Waals surface area contributed by atoms with E-state index in [-0.39, 0.29) is 30.4 Å². The van der Waals surface area contributed by atoms with Crippen molar-refractivity contribution in [3.63, 3.8) is 0 Å². The van der Waals surface area contributed by atoms with Crippen molar-refractivity contribution in [2.75, 3.05) is 0 Å². The summed E-state index contributed by atoms with van der Waals surface area (Å²) >= 11 is 0. The molecule has 0 aliphatic heterocycles. The van der Waals surface area contributed by atoms with Gasteiger partial charge in [0.1, 0.15) is 0 Å². The van der Waals surface area contributed by atoms with Gasteiger partial charge in [-0.25, -0.2) is 0 Å². The Balaban J connectivity index is 0.00000220. The van der Waals surface area contributed by atoms with Crippen LogP contribution in [0.3, 0.4) is 0 Å². The fourth-order valence-corrected chi connectivity index (χ4v) is 3.00. The minimum Gasteiger partial charge on any atom is -0.336 e. The summed E-state index contributed by atoms with van der Waals surface area (Å²) < 4.78 is 0. The summed E-state index contributed by atoms with van der Waals surface area (Å²) in [5, 5.41) is 0. The molecule has 4 heteroatoms. The van der Waals surface area contributed by atoms with Crippen molar-refractivity contribution in [1.29, 1.82) is 0 Å². The molecule has 2 rings (SSSR count). The molecule has 21 heavy (non-hydrogen) atoms. The molecule has 1 amide bonds. The van der Waals surface area contributed by atoms with Gasteiger partial charge in [-0.15, -0.1) is 12.4 Å². The first-order chi connectivity index (χ1) is 9.58. The normalized spacial score (nSPS) is 21.1. The maximum atomic E-state index is 12.6. The highest BCUT2D eigenvalue weighted by Crippen LogP contribution is 2.28. The summed E-state index contributed by atoms with van der Waals surface area (Å²) in [7, 11) is 0. The molecule has 0 unspecified atom stereocenters. The van der Waals surface area contributed by atoms with Crippen LogP contribution in [0.4, 0.5) is 0 Å². The highest BCUT2D eigenvalue weighted by atomic mass is 35.5. The summed E-state index contributed by atoms with van der Waals surface area (Å²) in [5.41, 5.74) is 7.27. The van der Waals surface area contributed by atoms with E-state index in [4.69, 9.17) is 5.73 Å². The number of benzene rings is 1. The topological polar surface area (TPSA) is 46.3 Å². The molecule has 1 aromatic carbocycles. The van der Waals surface area contributed by atoms with Gasteiger partial charge in [0.2, 0.25) is 5.91 Å². The zero-order valence-corrected chi connectivity index (χ0v) is 13.8. The first-order valence-corrected chi connectivity index (χ1v) is 7.67. The monoisotopic (exact) mass is 310 g/mol. The lowest BCUT2D eigenvalue weighted by molar-refractivity contribution is -0.134. The number of rotatable bonds is 5. The van der Waals surface area contributed by atoms with E-state index in [1.807, 2.05) is 23.1 Å². The van der Waals surface area contributed by atoms with E-state index in [1.165, 1.54) is 12.0 Å². The number of carbonyl (C=O) groups is 1. The first-order valence-electron chi connectivity index (χ1n) is 7.67. The molecule has 1 saturated carbocycles. The average molecular weight is 311 g/mol. The predicted octanol–water partition coefficient (Wildman–Crippen LogP) is 3.36. The van der Waals surface area contributed by atoms with E-state index in [0.717, 1.165) is 12.8 Å². The molecule has 2 N–H and O–H groups in total. The minimum absolute atomic E-state index is 0. The number of hydrogen-bond donors (Lipinski definition) is 1. The van der Waals surface area contributed by atoms with Gasteiger partial charge in [-0.2, -0.15) is 0 Å². The summed E-state index contributed by atoms with van der Waals surface area (Å²) in [6, 6.07) is 10.6. The summed E-state index contributed by atoms with van der Waals surface area (Å²) in [6.07, 6.45) is 3.94. The van der Waals surface area contributed by atoms with Crippen LogP contribution in [0.25, 0.3) is 0 Å². The van der Waals surface area contributed by atoms with Crippen molar-refractivity contribution in [2.45, 2.75) is 58.2 Å². The van der Waals surface area contributed by atoms with E-state index in [2.05, 4.69) is 26.0 Å². The number of amides is 1. The van der Waals surface area contributed by atoms with Crippen LogP contribution in [0.2, 0.25) is 0 Å². The Labute approximate surface area is 134 Å². The van der Waals surface area contributed by atoms with Crippen LogP contribution >= 0.6 is 12.4 Å². The van der Waals surface area contributed by atoms with Crippen molar-refractivity contribution in [1.82, 2.24) is 4.90 Å². The molecule has 1 aliphatic rings. The van der Waals surface area contributed by atoms with E-state index in [0.29, 0.717) is 18.9 Å². The largest absolute Gasteiger partial charge is 0.336 e. The Morgan fingerprint density at radius 3 is 2.48 bits per heavy atom. The van der Waals surface area contributed by atoms with Gasteiger partial charge in [0.15, 0.2) is 0 Å². The van der Waals surface area contributed by atoms with Gasteiger partial charge in [0.05, 0.1) is 0 Å². The maximum absolute atomic E-state index is 12.6. The van der Waals surface area contributed by atoms with Crippen molar-refractivity contribution in [3.8, 4) is 0 Å². The summed E-state index contributed by atoms with van der Waals surface area (Å²) in [4.78, 5) is 14.5. The van der Waals surface area contributed by atoms with E-state index >= 15 is 0 Å². The van der Waals surface area contributed by atoms with E-state index < -0.39 is 0 Å². The molecule has 2 atom stereocenters. The fraction of sp³-hybridized carbons (Fsp3) is 0.588. The van der Waals surface area contributed by atoms with Crippen molar-refractivity contribution < 1.29 is 4.79 Å². The lowest BCUT2D eigenvalue weighted by Gasteiger charge is -2.29. The Bertz CT molecular complexity index is 436. The number of halogens is 1. The fourth-order valence-electron chi connectivity index (χ4n) is 3.00. The third kappa shape index (κ3) is 5.01. The molecule has 0 heterocycles. The zero-order valence-electron chi connectivity index (χ0n) is 13.0. The molecule has 1 aliphatic carbocycles. The lowest BCUT2D eigenvalue weighted by Crippen LogP contribution is -2.39. The Morgan fingerprint density at radius 1 is 1.29 bits per heavy atom. The second-order valence-corrected chi connectivity index (χ2v) is 6.16. The third-order valence-electron chi connectivity index (χ3n) is 4.29. The second kappa shape index (κ2) is 8.40. The van der Waals surface area contributed by atoms with Crippen LogP contribution in [0.5, 0.6) is 0 Å². The van der Waals surface area contributed by atoms with Gasteiger partial charge in [0, 0.05) is 25.0 Å². The molecule has 0 spiro atoms. The smallest absolute Gasteiger partial charge is 0.223 e. The molecule has 0 aromatic heterocycles. The highest BCUT2D eigenvalue weighted by Gasteiger charge is 2.28. The van der Waals surface area contributed by atoms with E-state index in [1.54, 1.807) is 0 Å². The number of nitrogens with zero attached hydrogens (tertiary/aromatic N) is 1. The average Bonchev–Trinajstić information content (AvgIpc) is 2.82. The van der Waals surface area contributed by atoms with Crippen LogP contribution < -0.4 is 5.73 Å². The number of hydrogen-bond acceptors (Lipinski definition) is 2. The van der Waals surface area contributed by atoms with E-state index in [9.17, 15) is 4.79 Å². The molecule has 3 nitrogen and oxygen atoms in total. The summed E-state index contributed by atoms with van der Waals surface area (Å²) in [6.45, 7) is 4.85. The quantitative estimate of drug-likeness (QED) is 0.906. The molecule has 0 saturated heterocycles. The van der Waals surface area contributed by atoms with Gasteiger partial charge < -0.3 is 10.6 Å². The molecule has 1 fully saturated rings. The molecule has 118 valence electrons. The van der Waals surface area contributed by atoms with Gasteiger partial charge >= 0.3 is 0 Å². The second-order valence-electron chi connectivity index (χ2n) is 6.16. The minimum atomic E-state index is 0. The zero-order chi connectivity index (χ0) is 14.5. The Kier molecular flexibility index (Phi) is 7.20. The Hall–Kier alpha value is -1.06. The maximum Gasteiger partial charge on any atom is 0.223 e. The number of carbonyl (C=O) groups excluding carboxylic acids is 1. The SMILES string of the molecule is CC(C)N(Cc1ccccc1)C(=O)C[C@@H]1CCC[C@H]1N.Cl. The predicted molar refractivity (Wildman–Crippen MR) is 89.3 cm³/mol. The van der Waals surface area contributed by atoms with Crippen LogP contribution in [0.1, 0.15) is 45.1 Å². The van der Waals surface area contributed by atoms with Gasteiger partial charge in [-0.05, 0) is 38.2 Å². The van der Waals surface area contributed by atoms with Crippen molar-refractivity contribution in [3.05, 3.63) is 35.9 Å². The van der Waals surface area contributed by atoms with Gasteiger partial charge in [-0.1, -0.05) is 36.8 Å². The first kappa shape index (κ1) is 18.0. The summed E-state index contributed by atoms with van der Waals surface area (Å²) in [5.74, 6) is 0.616. The highest BCUT2D eigenvalue weighted by molar-refractivity contribution is 5.85. The number of nitrogens with two attached hydrogens (primary N) is 1. The van der Waals surface area contributed by atoms with Crippen LogP contribution in [-0.4, -0.2) is 22.9 Å². The molecule has 0 radical (unpaired) electrons. The lowest BCUT2D eigenvalue weighted by atomic mass is 9.99. The van der Waals surface area contributed by atoms with Crippen molar-refractivity contribution >= 4 is 18.3 Å². The standard InChI is InChI=1S/C17H26N2O.ClH/c1-13(2)19(12-14-7-4-3-5-8-14)17(20)11-15-9-6-10-16(15)18;/h3-5,7-8,13,15-16H,6,9-12,18H2,1-2H3;1H/t15-,16+;/m0./s1. The molecule has 0 bridgehead atoms. The van der Waals surface area contributed by atoms with Gasteiger partial charge in [0.25, 0.3) is 0 Å². The van der Waals surface area contributed by atoms with Crippen LogP contribution in [0.15, 0.2) is 30.3 Å².